The second kappa shape index (κ2) is 6.06. The highest BCUT2D eigenvalue weighted by atomic mass is 16.6. The van der Waals surface area contributed by atoms with Crippen molar-refractivity contribution in [3.8, 4) is 0 Å². The van der Waals surface area contributed by atoms with Crippen LogP contribution in [-0.2, 0) is 9.53 Å². The molecular formula is C10H17NO4. The highest BCUT2D eigenvalue weighted by molar-refractivity contribution is 5.68. The predicted molar refractivity (Wildman–Crippen MR) is 55.6 cm³/mol. The van der Waals surface area contributed by atoms with Gasteiger partial charge in [-0.3, -0.25) is 4.79 Å². The van der Waals surface area contributed by atoms with Gasteiger partial charge in [0, 0.05) is 13.0 Å². The SMILES string of the molecule is C=CC(C)(C)OC(=O)NCCCC(=O)O. The monoisotopic (exact) mass is 215 g/mol. The minimum atomic E-state index is -0.878. The summed E-state index contributed by atoms with van der Waals surface area (Å²) in [4.78, 5) is 21.3. The van der Waals surface area contributed by atoms with Crippen LogP contribution in [0.15, 0.2) is 12.7 Å². The first-order chi connectivity index (χ1) is 6.87. The lowest BCUT2D eigenvalue weighted by Crippen LogP contribution is -2.33. The van der Waals surface area contributed by atoms with Crippen LogP contribution in [0.3, 0.4) is 0 Å². The Hall–Kier alpha value is -1.52. The van der Waals surface area contributed by atoms with Crippen LogP contribution in [0.1, 0.15) is 26.7 Å². The van der Waals surface area contributed by atoms with E-state index in [1.165, 1.54) is 6.08 Å². The van der Waals surface area contributed by atoms with Crippen LogP contribution in [0, 0.1) is 0 Å². The summed E-state index contributed by atoms with van der Waals surface area (Å²) >= 11 is 0. The van der Waals surface area contributed by atoms with Crippen LogP contribution < -0.4 is 5.32 Å². The largest absolute Gasteiger partial charge is 0.481 e. The van der Waals surface area contributed by atoms with Crippen molar-refractivity contribution in [3.05, 3.63) is 12.7 Å². The Balaban J connectivity index is 3.67. The van der Waals surface area contributed by atoms with E-state index in [2.05, 4.69) is 11.9 Å². The zero-order valence-electron chi connectivity index (χ0n) is 9.08. The van der Waals surface area contributed by atoms with Crippen molar-refractivity contribution in [1.82, 2.24) is 5.32 Å². The van der Waals surface area contributed by atoms with Crippen molar-refractivity contribution in [1.29, 1.82) is 0 Å². The minimum absolute atomic E-state index is 0.0329. The fraction of sp³-hybridized carbons (Fsp3) is 0.600. The third-order valence-corrected chi connectivity index (χ3v) is 1.68. The Kier molecular flexibility index (Phi) is 5.44. The van der Waals surface area contributed by atoms with Crippen LogP contribution in [0.25, 0.3) is 0 Å². The maximum absolute atomic E-state index is 11.1. The van der Waals surface area contributed by atoms with Crippen LogP contribution in [0.2, 0.25) is 0 Å². The summed E-state index contributed by atoms with van der Waals surface area (Å²) in [6, 6.07) is 0. The molecule has 0 saturated heterocycles. The molecule has 0 aromatic heterocycles. The smallest absolute Gasteiger partial charge is 0.407 e. The Labute approximate surface area is 89.1 Å². The normalized spacial score (nSPS) is 10.5. The Bertz CT molecular complexity index is 248. The van der Waals surface area contributed by atoms with E-state index in [0.717, 1.165) is 0 Å². The third-order valence-electron chi connectivity index (χ3n) is 1.68. The molecule has 0 heterocycles. The molecule has 5 nitrogen and oxygen atoms in total. The number of amides is 1. The number of ether oxygens (including phenoxy) is 1. The van der Waals surface area contributed by atoms with Crippen molar-refractivity contribution in [2.75, 3.05) is 6.54 Å². The van der Waals surface area contributed by atoms with Crippen molar-refractivity contribution in [3.63, 3.8) is 0 Å². The van der Waals surface area contributed by atoms with Gasteiger partial charge < -0.3 is 15.2 Å². The molecule has 0 unspecified atom stereocenters. The Morgan fingerprint density at radius 1 is 1.53 bits per heavy atom. The molecule has 0 aromatic carbocycles. The van der Waals surface area contributed by atoms with E-state index in [0.29, 0.717) is 13.0 Å². The van der Waals surface area contributed by atoms with Gasteiger partial charge in [-0.05, 0) is 26.3 Å². The van der Waals surface area contributed by atoms with Gasteiger partial charge in [0.05, 0.1) is 0 Å². The number of hydrogen-bond donors (Lipinski definition) is 2. The van der Waals surface area contributed by atoms with Gasteiger partial charge in [-0.25, -0.2) is 4.79 Å². The summed E-state index contributed by atoms with van der Waals surface area (Å²) < 4.78 is 4.98. The van der Waals surface area contributed by atoms with Gasteiger partial charge in [-0.15, -0.1) is 0 Å². The van der Waals surface area contributed by atoms with Crippen LogP contribution in [-0.4, -0.2) is 29.3 Å². The van der Waals surface area contributed by atoms with E-state index in [1.54, 1.807) is 13.8 Å². The maximum atomic E-state index is 11.1. The molecule has 2 N–H and O–H groups in total. The average Bonchev–Trinajstić information content (AvgIpc) is 2.11. The minimum Gasteiger partial charge on any atom is -0.481 e. The molecule has 0 fully saturated rings. The zero-order chi connectivity index (χ0) is 11.9. The molecule has 1 amide bonds. The molecule has 0 aliphatic carbocycles. The first kappa shape index (κ1) is 13.5. The van der Waals surface area contributed by atoms with E-state index in [1.807, 2.05) is 0 Å². The number of rotatable bonds is 6. The second-order valence-corrected chi connectivity index (χ2v) is 3.62. The van der Waals surface area contributed by atoms with E-state index >= 15 is 0 Å². The number of carbonyl (C=O) groups excluding carboxylic acids is 1. The Morgan fingerprint density at radius 2 is 2.13 bits per heavy atom. The zero-order valence-corrected chi connectivity index (χ0v) is 9.08. The number of nitrogens with one attached hydrogen (secondary N) is 1. The van der Waals surface area contributed by atoms with Crippen LogP contribution >= 0.6 is 0 Å². The highest BCUT2D eigenvalue weighted by Gasteiger charge is 2.17. The highest BCUT2D eigenvalue weighted by Crippen LogP contribution is 2.09. The van der Waals surface area contributed by atoms with Gasteiger partial charge in [0.2, 0.25) is 0 Å². The number of aliphatic carboxylic acids is 1. The summed E-state index contributed by atoms with van der Waals surface area (Å²) in [6.07, 6.45) is 1.37. The van der Waals surface area contributed by atoms with Crippen LogP contribution in [0.5, 0.6) is 0 Å². The number of hydrogen-bond acceptors (Lipinski definition) is 3. The average molecular weight is 215 g/mol. The van der Waals surface area contributed by atoms with Gasteiger partial charge in [-0.2, -0.15) is 0 Å². The molecule has 0 spiro atoms. The molecule has 0 aromatic rings. The lowest BCUT2D eigenvalue weighted by atomic mass is 10.1. The molecule has 0 saturated carbocycles. The molecule has 0 aliphatic rings. The summed E-state index contributed by atoms with van der Waals surface area (Å²) in [7, 11) is 0. The molecular weight excluding hydrogens is 198 g/mol. The molecule has 0 atom stereocenters. The number of carboxylic acids is 1. The topological polar surface area (TPSA) is 75.6 Å². The van der Waals surface area contributed by atoms with Gasteiger partial charge in [0.25, 0.3) is 0 Å². The third kappa shape index (κ3) is 7.54. The predicted octanol–water partition coefficient (Wildman–Crippen LogP) is 1.54. The second-order valence-electron chi connectivity index (χ2n) is 3.62. The van der Waals surface area contributed by atoms with Crippen molar-refractivity contribution in [2.45, 2.75) is 32.3 Å². The molecule has 0 bridgehead atoms. The summed E-state index contributed by atoms with van der Waals surface area (Å²) in [6.45, 7) is 7.22. The van der Waals surface area contributed by atoms with Gasteiger partial charge in [0.15, 0.2) is 0 Å². The standard InChI is InChI=1S/C10H17NO4/c1-4-10(2,3)15-9(14)11-7-5-6-8(12)13/h4H,1,5-7H2,2-3H3,(H,11,14)(H,12,13). The van der Waals surface area contributed by atoms with Crippen molar-refractivity contribution >= 4 is 12.1 Å². The summed E-state index contributed by atoms with van der Waals surface area (Å²) in [5.74, 6) is -0.878. The lowest BCUT2D eigenvalue weighted by molar-refractivity contribution is -0.137. The van der Waals surface area contributed by atoms with Gasteiger partial charge >= 0.3 is 12.1 Å². The fourth-order valence-electron chi connectivity index (χ4n) is 0.747. The summed E-state index contributed by atoms with van der Waals surface area (Å²) in [5, 5.41) is 10.8. The van der Waals surface area contributed by atoms with Gasteiger partial charge in [0.1, 0.15) is 5.60 Å². The van der Waals surface area contributed by atoms with Crippen molar-refractivity contribution < 1.29 is 19.4 Å². The quantitative estimate of drug-likeness (QED) is 0.520. The van der Waals surface area contributed by atoms with Crippen molar-refractivity contribution in [2.24, 2.45) is 0 Å². The lowest BCUT2D eigenvalue weighted by Gasteiger charge is -2.20. The van der Waals surface area contributed by atoms with E-state index in [9.17, 15) is 9.59 Å². The van der Waals surface area contributed by atoms with Gasteiger partial charge in [-0.1, -0.05) is 6.58 Å². The number of carbonyl (C=O) groups is 2. The van der Waals surface area contributed by atoms with E-state index in [4.69, 9.17) is 9.84 Å². The fourth-order valence-corrected chi connectivity index (χ4v) is 0.747. The molecule has 86 valence electrons. The molecule has 0 rings (SSSR count). The molecule has 15 heavy (non-hydrogen) atoms. The van der Waals surface area contributed by atoms with E-state index < -0.39 is 17.7 Å². The maximum Gasteiger partial charge on any atom is 0.407 e. The van der Waals surface area contributed by atoms with Crippen LogP contribution in [0.4, 0.5) is 4.79 Å². The van der Waals surface area contributed by atoms with E-state index in [-0.39, 0.29) is 6.42 Å². The first-order valence-corrected chi connectivity index (χ1v) is 4.69. The molecule has 0 aliphatic heterocycles. The molecule has 5 heteroatoms. The summed E-state index contributed by atoms with van der Waals surface area (Å²) in [5.41, 5.74) is -0.711. The number of alkyl carbamates (subject to hydrolysis) is 1. The molecule has 0 radical (unpaired) electrons. The first-order valence-electron chi connectivity index (χ1n) is 4.69. The number of carboxylic acid groups (broad SMARTS) is 1. The Morgan fingerprint density at radius 3 is 2.60 bits per heavy atom.